The molecule has 1 aromatic heterocycles. The lowest BCUT2D eigenvalue weighted by molar-refractivity contribution is -0.138. The zero-order valence-corrected chi connectivity index (χ0v) is 12.4. The van der Waals surface area contributed by atoms with Crippen molar-refractivity contribution in [3.8, 4) is 0 Å². The fourth-order valence-corrected chi connectivity index (χ4v) is 2.03. The minimum atomic E-state index is -1.08. The van der Waals surface area contributed by atoms with Crippen molar-refractivity contribution in [3.05, 3.63) is 17.5 Å². The molecular formula is C12H18N4O3S. The molecule has 0 aliphatic heterocycles. The second-order valence-corrected chi connectivity index (χ2v) is 5.42. The zero-order valence-electron chi connectivity index (χ0n) is 11.6. The van der Waals surface area contributed by atoms with Crippen LogP contribution in [-0.4, -0.2) is 45.0 Å². The highest BCUT2D eigenvalue weighted by Crippen LogP contribution is 2.13. The number of carbonyl (C=O) groups is 2. The number of thioether (sulfide) groups is 1. The van der Waals surface area contributed by atoms with Gasteiger partial charge in [0.15, 0.2) is 0 Å². The quantitative estimate of drug-likeness (QED) is 0.708. The van der Waals surface area contributed by atoms with Crippen molar-refractivity contribution in [3.63, 3.8) is 0 Å². The molecule has 8 heteroatoms. The summed E-state index contributed by atoms with van der Waals surface area (Å²) in [6.45, 7) is 3.83. The molecule has 1 heterocycles. The van der Waals surface area contributed by atoms with Gasteiger partial charge in [0.2, 0.25) is 5.95 Å². The van der Waals surface area contributed by atoms with E-state index >= 15 is 0 Å². The van der Waals surface area contributed by atoms with Gasteiger partial charge in [-0.25, -0.2) is 14.8 Å². The number of aliphatic carboxylic acids is 1. The monoisotopic (exact) mass is 298 g/mol. The smallest absolute Gasteiger partial charge is 0.327 e. The first-order valence-electron chi connectivity index (χ1n) is 6.02. The van der Waals surface area contributed by atoms with Crippen LogP contribution < -0.4 is 11.1 Å². The van der Waals surface area contributed by atoms with Crippen LogP contribution in [0.3, 0.4) is 0 Å². The molecule has 0 bridgehead atoms. The van der Waals surface area contributed by atoms with Gasteiger partial charge in [0.25, 0.3) is 5.91 Å². The Morgan fingerprint density at radius 1 is 1.45 bits per heavy atom. The van der Waals surface area contributed by atoms with Crippen LogP contribution in [0.15, 0.2) is 6.07 Å². The Morgan fingerprint density at radius 3 is 2.60 bits per heavy atom. The van der Waals surface area contributed by atoms with Gasteiger partial charge in [-0.2, -0.15) is 11.8 Å². The van der Waals surface area contributed by atoms with E-state index in [9.17, 15) is 9.59 Å². The Labute approximate surface area is 121 Å². The molecule has 4 N–H and O–H groups in total. The van der Waals surface area contributed by atoms with Gasteiger partial charge in [-0.1, -0.05) is 13.8 Å². The van der Waals surface area contributed by atoms with E-state index in [1.165, 1.54) is 17.8 Å². The maximum Gasteiger partial charge on any atom is 0.327 e. The number of aromatic nitrogens is 2. The van der Waals surface area contributed by atoms with Crippen LogP contribution in [0.25, 0.3) is 0 Å². The van der Waals surface area contributed by atoms with E-state index in [0.29, 0.717) is 5.69 Å². The van der Waals surface area contributed by atoms with Crippen molar-refractivity contribution < 1.29 is 14.7 Å². The van der Waals surface area contributed by atoms with Gasteiger partial charge in [-0.05, 0) is 18.2 Å². The number of nitrogens with two attached hydrogens (primary N) is 1. The molecule has 0 aliphatic carbocycles. The lowest BCUT2D eigenvalue weighted by atomic mass is 10.1. The molecule has 0 unspecified atom stereocenters. The predicted octanol–water partition coefficient (Wildman–Crippen LogP) is 0.728. The maximum atomic E-state index is 12.0. The summed E-state index contributed by atoms with van der Waals surface area (Å²) in [5, 5.41) is 11.4. The van der Waals surface area contributed by atoms with Crippen LogP contribution in [0.2, 0.25) is 0 Å². The molecular weight excluding hydrogens is 280 g/mol. The molecule has 0 aliphatic rings. The summed E-state index contributed by atoms with van der Waals surface area (Å²) < 4.78 is 0. The molecule has 110 valence electrons. The minimum Gasteiger partial charge on any atom is -0.480 e. The van der Waals surface area contributed by atoms with Crippen LogP contribution >= 0.6 is 11.8 Å². The van der Waals surface area contributed by atoms with E-state index in [2.05, 4.69) is 15.3 Å². The fraction of sp³-hybridized carbons (Fsp3) is 0.500. The SMILES string of the molecule is CSC[C@H](NC(=O)c1cc(C(C)C)nc(N)n1)C(=O)O. The van der Waals surface area contributed by atoms with E-state index in [1.54, 1.807) is 6.26 Å². The number of carbonyl (C=O) groups excluding carboxylic acids is 1. The highest BCUT2D eigenvalue weighted by molar-refractivity contribution is 7.98. The highest BCUT2D eigenvalue weighted by atomic mass is 32.2. The Balaban J connectivity index is 2.94. The molecule has 0 aromatic carbocycles. The Kier molecular flexibility index (Phi) is 5.75. The van der Waals surface area contributed by atoms with Crippen LogP contribution in [-0.2, 0) is 4.79 Å². The summed E-state index contributed by atoms with van der Waals surface area (Å²) in [6, 6.07) is 0.560. The van der Waals surface area contributed by atoms with Crippen molar-refractivity contribution >= 4 is 29.6 Å². The largest absolute Gasteiger partial charge is 0.480 e. The van der Waals surface area contributed by atoms with Gasteiger partial charge in [-0.15, -0.1) is 0 Å². The zero-order chi connectivity index (χ0) is 15.3. The van der Waals surface area contributed by atoms with Crippen LogP contribution in [0.5, 0.6) is 0 Å². The lowest BCUT2D eigenvalue weighted by Gasteiger charge is -2.13. The average molecular weight is 298 g/mol. The predicted molar refractivity (Wildman–Crippen MR) is 77.8 cm³/mol. The summed E-state index contributed by atoms with van der Waals surface area (Å²) in [5.41, 5.74) is 6.28. The number of amides is 1. The second kappa shape index (κ2) is 7.09. The van der Waals surface area contributed by atoms with E-state index in [-0.39, 0.29) is 23.3 Å². The first kappa shape index (κ1) is 16.2. The summed E-state index contributed by atoms with van der Waals surface area (Å²) in [5.74, 6) is -1.29. The molecule has 0 fully saturated rings. The molecule has 0 radical (unpaired) electrons. The van der Waals surface area contributed by atoms with Crippen LogP contribution in [0.4, 0.5) is 5.95 Å². The number of nitrogens with zero attached hydrogens (tertiary/aromatic N) is 2. The van der Waals surface area contributed by atoms with Gasteiger partial charge in [0.1, 0.15) is 11.7 Å². The summed E-state index contributed by atoms with van der Waals surface area (Å²) in [4.78, 5) is 30.9. The van der Waals surface area contributed by atoms with E-state index in [1.807, 2.05) is 13.8 Å². The highest BCUT2D eigenvalue weighted by Gasteiger charge is 2.21. The molecule has 1 aromatic rings. The standard InChI is InChI=1S/C12H18N4O3S/c1-6(2)7-4-8(16-12(13)15-7)10(17)14-9(5-20-3)11(18)19/h4,6,9H,5H2,1-3H3,(H,14,17)(H,18,19)(H2,13,15,16)/t9-/m0/s1. The summed E-state index contributed by atoms with van der Waals surface area (Å²) in [6.07, 6.45) is 1.77. The Bertz CT molecular complexity index is 507. The third kappa shape index (κ3) is 4.37. The van der Waals surface area contributed by atoms with Crippen LogP contribution in [0, 0.1) is 0 Å². The topological polar surface area (TPSA) is 118 Å². The second-order valence-electron chi connectivity index (χ2n) is 4.51. The first-order valence-corrected chi connectivity index (χ1v) is 7.41. The number of nitrogens with one attached hydrogen (secondary N) is 1. The normalized spacial score (nSPS) is 12.2. The van der Waals surface area contributed by atoms with Gasteiger partial charge >= 0.3 is 5.97 Å². The van der Waals surface area contributed by atoms with E-state index in [0.717, 1.165) is 0 Å². The number of nitrogen functional groups attached to an aromatic ring is 1. The maximum absolute atomic E-state index is 12.0. The molecule has 1 amide bonds. The van der Waals surface area contributed by atoms with Gasteiger partial charge < -0.3 is 16.2 Å². The summed E-state index contributed by atoms with van der Waals surface area (Å²) >= 11 is 1.33. The first-order chi connectivity index (χ1) is 9.35. The Hall–Kier alpha value is -1.83. The third-order valence-electron chi connectivity index (χ3n) is 2.52. The van der Waals surface area contributed by atoms with Gasteiger partial charge in [-0.3, -0.25) is 4.79 Å². The van der Waals surface area contributed by atoms with E-state index in [4.69, 9.17) is 10.8 Å². The van der Waals surface area contributed by atoms with Crippen molar-refractivity contribution in [1.82, 2.24) is 15.3 Å². The number of carboxylic acid groups (broad SMARTS) is 1. The fourth-order valence-electron chi connectivity index (χ4n) is 1.47. The van der Waals surface area contributed by atoms with E-state index < -0.39 is 17.9 Å². The molecule has 20 heavy (non-hydrogen) atoms. The van der Waals surface area contributed by atoms with Crippen molar-refractivity contribution in [2.24, 2.45) is 0 Å². The van der Waals surface area contributed by atoms with Crippen molar-refractivity contribution in [2.75, 3.05) is 17.7 Å². The summed E-state index contributed by atoms with van der Waals surface area (Å²) in [7, 11) is 0. The number of carboxylic acids is 1. The Morgan fingerprint density at radius 2 is 2.10 bits per heavy atom. The molecule has 1 atom stereocenters. The molecule has 0 spiro atoms. The molecule has 1 rings (SSSR count). The van der Waals surface area contributed by atoms with Crippen molar-refractivity contribution in [2.45, 2.75) is 25.8 Å². The molecule has 0 saturated carbocycles. The average Bonchev–Trinajstić information content (AvgIpc) is 2.37. The van der Waals surface area contributed by atoms with Gasteiger partial charge in [0.05, 0.1) is 0 Å². The number of rotatable bonds is 6. The van der Waals surface area contributed by atoms with Gasteiger partial charge in [0, 0.05) is 11.4 Å². The third-order valence-corrected chi connectivity index (χ3v) is 3.19. The minimum absolute atomic E-state index is 0.00177. The lowest BCUT2D eigenvalue weighted by Crippen LogP contribution is -2.43. The number of hydrogen-bond donors (Lipinski definition) is 3. The number of hydrogen-bond acceptors (Lipinski definition) is 6. The molecule has 0 saturated heterocycles. The van der Waals surface area contributed by atoms with Crippen LogP contribution in [0.1, 0.15) is 35.9 Å². The van der Waals surface area contributed by atoms with Crippen molar-refractivity contribution in [1.29, 1.82) is 0 Å². The molecule has 7 nitrogen and oxygen atoms in total. The number of anilines is 1.